The van der Waals surface area contributed by atoms with E-state index in [1.807, 2.05) is 36.4 Å². The fourth-order valence-electron chi connectivity index (χ4n) is 3.21. The molecule has 0 N–H and O–H groups in total. The van der Waals surface area contributed by atoms with Crippen molar-refractivity contribution in [3.63, 3.8) is 0 Å². The summed E-state index contributed by atoms with van der Waals surface area (Å²) in [5, 5.41) is 0. The number of carbonyl (C=O) groups is 1. The van der Waals surface area contributed by atoms with Crippen LogP contribution in [0.25, 0.3) is 0 Å². The Morgan fingerprint density at radius 2 is 1.15 bits per heavy atom. The molecule has 27 heavy (non-hydrogen) atoms. The minimum absolute atomic E-state index is 0.289. The van der Waals surface area contributed by atoms with Crippen molar-refractivity contribution < 1.29 is 9.53 Å². The van der Waals surface area contributed by atoms with Gasteiger partial charge in [-0.2, -0.15) is 0 Å². The number of esters is 1. The van der Waals surface area contributed by atoms with Crippen molar-refractivity contribution >= 4 is 5.97 Å². The smallest absolute Gasteiger partial charge is 0.343 e. The maximum Gasteiger partial charge on any atom is 0.343 e. The summed E-state index contributed by atoms with van der Waals surface area (Å²) in [6.07, 6.45) is 12.3. The van der Waals surface area contributed by atoms with Gasteiger partial charge in [0.1, 0.15) is 5.75 Å². The molecular weight excluding hydrogens is 332 g/mol. The lowest BCUT2D eigenvalue weighted by Gasteiger charge is -2.07. The third kappa shape index (κ3) is 7.99. The molecule has 0 saturated heterocycles. The topological polar surface area (TPSA) is 26.3 Å². The zero-order valence-electron chi connectivity index (χ0n) is 17.0. The summed E-state index contributed by atoms with van der Waals surface area (Å²) in [6.45, 7) is 4.45. The number of hydrogen-bond donors (Lipinski definition) is 0. The van der Waals surface area contributed by atoms with E-state index in [0.717, 1.165) is 12.8 Å². The first-order valence-electron chi connectivity index (χ1n) is 10.6. The van der Waals surface area contributed by atoms with Gasteiger partial charge in [0.05, 0.1) is 5.56 Å². The molecule has 2 aromatic carbocycles. The lowest BCUT2D eigenvalue weighted by Crippen LogP contribution is -2.08. The van der Waals surface area contributed by atoms with Gasteiger partial charge in [-0.05, 0) is 61.1 Å². The van der Waals surface area contributed by atoms with Gasteiger partial charge in [0.25, 0.3) is 0 Å². The fraction of sp³-hybridized carbons (Fsp3) is 0.480. The van der Waals surface area contributed by atoms with Gasteiger partial charge in [-0.1, -0.05) is 76.6 Å². The number of rotatable bonds is 12. The van der Waals surface area contributed by atoms with Crippen LogP contribution in [0.2, 0.25) is 0 Å². The van der Waals surface area contributed by atoms with E-state index in [1.54, 1.807) is 0 Å². The number of aryl methyl sites for hydroxylation is 2. The highest BCUT2D eigenvalue weighted by molar-refractivity contribution is 5.91. The van der Waals surface area contributed by atoms with Crippen molar-refractivity contribution in [3.8, 4) is 5.75 Å². The van der Waals surface area contributed by atoms with Gasteiger partial charge in [0, 0.05) is 0 Å². The molecule has 2 heteroatoms. The molecule has 0 fully saturated rings. The van der Waals surface area contributed by atoms with Gasteiger partial charge in [0.2, 0.25) is 0 Å². The zero-order chi connectivity index (χ0) is 19.3. The molecule has 146 valence electrons. The highest BCUT2D eigenvalue weighted by Crippen LogP contribution is 2.17. The molecule has 2 rings (SSSR count). The normalized spacial score (nSPS) is 10.7. The van der Waals surface area contributed by atoms with Gasteiger partial charge >= 0.3 is 5.97 Å². The van der Waals surface area contributed by atoms with Crippen LogP contribution in [-0.2, 0) is 12.8 Å². The Morgan fingerprint density at radius 1 is 0.667 bits per heavy atom. The van der Waals surface area contributed by atoms with Crippen LogP contribution < -0.4 is 4.74 Å². The Labute approximate surface area is 165 Å². The van der Waals surface area contributed by atoms with Crippen molar-refractivity contribution in [3.05, 3.63) is 65.2 Å². The molecule has 0 aliphatic heterocycles. The second-order valence-electron chi connectivity index (χ2n) is 7.35. The van der Waals surface area contributed by atoms with E-state index in [-0.39, 0.29) is 5.97 Å². The predicted octanol–water partition coefficient (Wildman–Crippen LogP) is 7.15. The number of carbonyl (C=O) groups excluding carboxylic acids is 1. The largest absolute Gasteiger partial charge is 0.423 e. The van der Waals surface area contributed by atoms with Gasteiger partial charge in [-0.15, -0.1) is 0 Å². The third-order valence-corrected chi connectivity index (χ3v) is 4.96. The number of unbranched alkanes of at least 4 members (excludes halogenated alkanes) is 6. The molecule has 0 bridgehead atoms. The summed E-state index contributed by atoms with van der Waals surface area (Å²) < 4.78 is 5.51. The molecule has 0 saturated carbocycles. The molecule has 0 atom stereocenters. The summed E-state index contributed by atoms with van der Waals surface area (Å²) >= 11 is 0. The van der Waals surface area contributed by atoms with Crippen LogP contribution in [0.3, 0.4) is 0 Å². The van der Waals surface area contributed by atoms with Crippen LogP contribution >= 0.6 is 0 Å². The summed E-state index contributed by atoms with van der Waals surface area (Å²) in [4.78, 5) is 12.3. The van der Waals surface area contributed by atoms with E-state index in [2.05, 4.69) is 26.0 Å². The van der Waals surface area contributed by atoms with Crippen molar-refractivity contribution in [2.24, 2.45) is 0 Å². The fourth-order valence-corrected chi connectivity index (χ4v) is 3.21. The van der Waals surface area contributed by atoms with Crippen molar-refractivity contribution in [2.75, 3.05) is 0 Å². The molecule has 2 aromatic rings. The van der Waals surface area contributed by atoms with E-state index in [0.29, 0.717) is 11.3 Å². The molecule has 0 spiro atoms. The predicted molar refractivity (Wildman–Crippen MR) is 114 cm³/mol. The lowest BCUT2D eigenvalue weighted by molar-refractivity contribution is 0.0734. The van der Waals surface area contributed by atoms with Crippen LogP contribution in [0.1, 0.15) is 86.7 Å². The second kappa shape index (κ2) is 12.3. The lowest BCUT2D eigenvalue weighted by atomic mass is 10.1. The maximum absolute atomic E-state index is 12.3. The Hall–Kier alpha value is -2.09. The molecule has 0 aliphatic rings. The minimum atomic E-state index is -0.289. The molecule has 0 unspecified atom stereocenters. The summed E-state index contributed by atoms with van der Waals surface area (Å²) in [6, 6.07) is 15.7. The minimum Gasteiger partial charge on any atom is -0.423 e. The van der Waals surface area contributed by atoms with Crippen LogP contribution in [0, 0.1) is 0 Å². The maximum atomic E-state index is 12.3. The van der Waals surface area contributed by atoms with Gasteiger partial charge < -0.3 is 4.74 Å². The quantitative estimate of drug-likeness (QED) is 0.226. The van der Waals surface area contributed by atoms with E-state index in [1.165, 1.54) is 62.5 Å². The van der Waals surface area contributed by atoms with E-state index in [4.69, 9.17) is 4.74 Å². The Balaban J connectivity index is 1.79. The first kappa shape index (κ1) is 21.2. The monoisotopic (exact) mass is 366 g/mol. The van der Waals surface area contributed by atoms with Crippen LogP contribution in [0.4, 0.5) is 0 Å². The Bertz CT molecular complexity index is 656. The molecular formula is C25H34O2. The molecule has 0 aliphatic carbocycles. The zero-order valence-corrected chi connectivity index (χ0v) is 17.0. The average molecular weight is 367 g/mol. The SMILES string of the molecule is CCCCCCCc1ccc(OC(=O)c2ccc(CCCCC)cc2)cc1. The number of hydrogen-bond acceptors (Lipinski definition) is 2. The standard InChI is InChI=1S/C25H34O2/c1-3-5-7-8-10-12-22-15-19-24(20-16-22)27-25(26)23-17-13-21(14-18-23)11-9-6-4-2/h13-20H,3-12H2,1-2H3. The highest BCUT2D eigenvalue weighted by Gasteiger charge is 2.08. The van der Waals surface area contributed by atoms with Crippen LogP contribution in [0.5, 0.6) is 5.75 Å². The van der Waals surface area contributed by atoms with Crippen molar-refractivity contribution in [1.82, 2.24) is 0 Å². The number of ether oxygens (including phenoxy) is 1. The summed E-state index contributed by atoms with van der Waals surface area (Å²) in [5.74, 6) is 0.323. The van der Waals surface area contributed by atoms with Crippen LogP contribution in [0.15, 0.2) is 48.5 Å². The summed E-state index contributed by atoms with van der Waals surface area (Å²) in [7, 11) is 0. The molecule has 2 nitrogen and oxygen atoms in total. The van der Waals surface area contributed by atoms with Crippen molar-refractivity contribution in [2.45, 2.75) is 78.1 Å². The van der Waals surface area contributed by atoms with Gasteiger partial charge in [-0.3, -0.25) is 0 Å². The Morgan fingerprint density at radius 3 is 1.74 bits per heavy atom. The molecule has 0 aromatic heterocycles. The van der Waals surface area contributed by atoms with E-state index < -0.39 is 0 Å². The second-order valence-corrected chi connectivity index (χ2v) is 7.35. The van der Waals surface area contributed by atoms with Crippen molar-refractivity contribution in [1.29, 1.82) is 0 Å². The summed E-state index contributed by atoms with van der Waals surface area (Å²) in [5.41, 5.74) is 3.19. The van der Waals surface area contributed by atoms with Gasteiger partial charge in [-0.25, -0.2) is 4.79 Å². The number of benzene rings is 2. The third-order valence-electron chi connectivity index (χ3n) is 4.96. The first-order chi connectivity index (χ1) is 13.2. The molecule has 0 amide bonds. The highest BCUT2D eigenvalue weighted by atomic mass is 16.5. The molecule has 0 heterocycles. The van der Waals surface area contributed by atoms with Crippen LogP contribution in [-0.4, -0.2) is 5.97 Å². The van der Waals surface area contributed by atoms with Gasteiger partial charge in [0.15, 0.2) is 0 Å². The average Bonchev–Trinajstić information content (AvgIpc) is 2.70. The van der Waals surface area contributed by atoms with E-state index >= 15 is 0 Å². The van der Waals surface area contributed by atoms with E-state index in [9.17, 15) is 4.79 Å². The molecule has 0 radical (unpaired) electrons. The Kier molecular flexibility index (Phi) is 9.68. The first-order valence-corrected chi connectivity index (χ1v) is 10.6.